The Balaban J connectivity index is 1.57. The number of ether oxygens (including phenoxy) is 1. The molecule has 4 rings (SSSR count). The van der Waals surface area contributed by atoms with Crippen LogP contribution in [0.5, 0.6) is 0 Å². The fraction of sp³-hybridized carbons (Fsp3) is 0.571. The molecule has 2 aliphatic rings. The minimum atomic E-state index is -0.0502. The van der Waals surface area contributed by atoms with Gasteiger partial charge in [0.1, 0.15) is 0 Å². The fourth-order valence-electron chi connectivity index (χ4n) is 3.95. The molecule has 2 saturated heterocycles. The molecule has 1 aromatic carbocycles. The third-order valence-corrected chi connectivity index (χ3v) is 6.48. The van der Waals surface area contributed by atoms with E-state index in [0.29, 0.717) is 28.4 Å². The topological polar surface area (TPSA) is 64.4 Å². The largest absolute Gasteiger partial charge is 0.376 e. The highest BCUT2D eigenvalue weighted by Gasteiger charge is 2.22. The van der Waals surface area contributed by atoms with Crippen LogP contribution in [-0.2, 0) is 16.1 Å². The van der Waals surface area contributed by atoms with Crippen molar-refractivity contribution in [1.29, 1.82) is 0 Å². The highest BCUT2D eigenvalue weighted by molar-refractivity contribution is 7.99. The number of carbonyl (C=O) groups is 1. The molecule has 2 aromatic rings. The molecule has 0 radical (unpaired) electrons. The van der Waals surface area contributed by atoms with E-state index < -0.39 is 0 Å². The summed E-state index contributed by atoms with van der Waals surface area (Å²) in [4.78, 5) is 32.5. The first-order valence-corrected chi connectivity index (χ1v) is 11.2. The van der Waals surface area contributed by atoms with Crippen LogP contribution in [0.15, 0.2) is 34.2 Å². The highest BCUT2D eigenvalue weighted by Crippen LogP contribution is 2.22. The second kappa shape index (κ2) is 9.09. The third kappa shape index (κ3) is 4.41. The maximum Gasteiger partial charge on any atom is 0.262 e. The number of hydrogen-bond acceptors (Lipinski definition) is 5. The van der Waals surface area contributed by atoms with Crippen LogP contribution in [-0.4, -0.2) is 51.9 Å². The quantitative estimate of drug-likeness (QED) is 0.569. The van der Waals surface area contributed by atoms with E-state index in [1.807, 2.05) is 29.2 Å². The lowest BCUT2D eigenvalue weighted by molar-refractivity contribution is -0.128. The van der Waals surface area contributed by atoms with Gasteiger partial charge in [0.25, 0.3) is 5.56 Å². The molecule has 0 saturated carbocycles. The lowest BCUT2D eigenvalue weighted by atomic mass is 10.2. The van der Waals surface area contributed by atoms with Crippen LogP contribution in [0, 0.1) is 0 Å². The van der Waals surface area contributed by atoms with E-state index in [2.05, 4.69) is 0 Å². The molecule has 2 fully saturated rings. The lowest BCUT2D eigenvalue weighted by Gasteiger charge is -2.21. The van der Waals surface area contributed by atoms with Gasteiger partial charge in [0, 0.05) is 19.7 Å². The second-order valence-corrected chi connectivity index (χ2v) is 8.49. The molecular formula is C21H27N3O3S. The Morgan fingerprint density at radius 1 is 1.14 bits per heavy atom. The van der Waals surface area contributed by atoms with E-state index in [1.54, 1.807) is 4.57 Å². The van der Waals surface area contributed by atoms with Gasteiger partial charge < -0.3 is 9.64 Å². The van der Waals surface area contributed by atoms with E-state index in [4.69, 9.17) is 9.72 Å². The normalized spacial score (nSPS) is 20.4. The lowest BCUT2D eigenvalue weighted by Crippen LogP contribution is -2.34. The van der Waals surface area contributed by atoms with Gasteiger partial charge in [-0.2, -0.15) is 0 Å². The Morgan fingerprint density at radius 2 is 1.93 bits per heavy atom. The summed E-state index contributed by atoms with van der Waals surface area (Å²) < 4.78 is 7.45. The van der Waals surface area contributed by atoms with E-state index in [0.717, 1.165) is 45.4 Å². The molecule has 3 heterocycles. The van der Waals surface area contributed by atoms with Crippen molar-refractivity contribution in [2.75, 3.05) is 25.4 Å². The van der Waals surface area contributed by atoms with Gasteiger partial charge in [-0.25, -0.2) is 4.98 Å². The zero-order chi connectivity index (χ0) is 19.3. The first-order chi connectivity index (χ1) is 13.7. The van der Waals surface area contributed by atoms with E-state index in [1.165, 1.54) is 24.6 Å². The van der Waals surface area contributed by atoms with Crippen LogP contribution in [0.1, 0.15) is 38.5 Å². The van der Waals surface area contributed by atoms with E-state index in [9.17, 15) is 9.59 Å². The molecule has 0 spiro atoms. The van der Waals surface area contributed by atoms with Crippen molar-refractivity contribution < 1.29 is 9.53 Å². The van der Waals surface area contributed by atoms with Gasteiger partial charge in [0.15, 0.2) is 5.16 Å². The van der Waals surface area contributed by atoms with Gasteiger partial charge in [-0.1, -0.05) is 36.7 Å². The van der Waals surface area contributed by atoms with Crippen LogP contribution in [0.2, 0.25) is 0 Å². The average molecular weight is 402 g/mol. The van der Waals surface area contributed by atoms with Crippen LogP contribution in [0.25, 0.3) is 10.9 Å². The summed E-state index contributed by atoms with van der Waals surface area (Å²) in [6.45, 7) is 2.92. The van der Waals surface area contributed by atoms with Gasteiger partial charge in [0.05, 0.1) is 29.3 Å². The van der Waals surface area contributed by atoms with E-state index >= 15 is 0 Å². The maximum atomic E-state index is 13.1. The van der Waals surface area contributed by atoms with Gasteiger partial charge >= 0.3 is 0 Å². The fourth-order valence-corrected chi connectivity index (χ4v) is 4.86. The number of rotatable bonds is 5. The number of para-hydroxylation sites is 1. The Morgan fingerprint density at radius 3 is 2.68 bits per heavy atom. The van der Waals surface area contributed by atoms with Crippen LogP contribution < -0.4 is 5.56 Å². The molecule has 0 unspecified atom stereocenters. The maximum absolute atomic E-state index is 13.1. The summed E-state index contributed by atoms with van der Waals surface area (Å²) in [6.07, 6.45) is 6.57. The standard InChI is InChI=1S/C21H27N3O3S/c25-19(23-11-5-1-2-6-12-23)15-28-21-22-18-10-4-3-9-17(18)20(26)24(21)14-16-8-7-13-27-16/h3-4,9-10,16H,1-2,5-8,11-15H2/t16-/m1/s1. The van der Waals surface area contributed by atoms with Crippen LogP contribution in [0.3, 0.4) is 0 Å². The number of fused-ring (bicyclic) bond motifs is 1. The summed E-state index contributed by atoms with van der Waals surface area (Å²) in [5.41, 5.74) is 0.631. The molecule has 0 aliphatic carbocycles. The highest BCUT2D eigenvalue weighted by atomic mass is 32.2. The molecule has 0 bridgehead atoms. The smallest absolute Gasteiger partial charge is 0.262 e. The minimum Gasteiger partial charge on any atom is -0.376 e. The number of nitrogens with zero attached hydrogens (tertiary/aromatic N) is 3. The number of amides is 1. The molecule has 6 nitrogen and oxygen atoms in total. The summed E-state index contributed by atoms with van der Waals surface area (Å²) in [5, 5.41) is 1.23. The van der Waals surface area contributed by atoms with Crippen molar-refractivity contribution in [2.24, 2.45) is 0 Å². The number of aromatic nitrogens is 2. The van der Waals surface area contributed by atoms with Crippen molar-refractivity contribution in [3.05, 3.63) is 34.6 Å². The third-order valence-electron chi connectivity index (χ3n) is 5.52. The summed E-state index contributed by atoms with van der Waals surface area (Å²) in [6, 6.07) is 7.41. The molecule has 1 atom stereocenters. The Labute approximate surface area is 169 Å². The molecule has 1 aromatic heterocycles. The van der Waals surface area contributed by atoms with Crippen LogP contribution >= 0.6 is 11.8 Å². The van der Waals surface area contributed by atoms with Crippen LogP contribution in [0.4, 0.5) is 0 Å². The molecule has 1 amide bonds. The SMILES string of the molecule is O=C(CSc1nc2ccccc2c(=O)n1C[C@H]1CCCO1)N1CCCCCC1. The predicted molar refractivity (Wildman–Crippen MR) is 111 cm³/mol. The number of benzene rings is 1. The van der Waals surface area contributed by atoms with Gasteiger partial charge in [-0.3, -0.25) is 14.2 Å². The number of likely N-dealkylation sites (tertiary alicyclic amines) is 1. The Kier molecular flexibility index (Phi) is 6.32. The zero-order valence-corrected chi connectivity index (χ0v) is 17.0. The van der Waals surface area contributed by atoms with Crippen molar-refractivity contribution in [3.8, 4) is 0 Å². The van der Waals surface area contributed by atoms with Gasteiger partial charge in [0.2, 0.25) is 5.91 Å². The van der Waals surface area contributed by atoms with Crippen molar-refractivity contribution in [3.63, 3.8) is 0 Å². The van der Waals surface area contributed by atoms with Gasteiger partial charge in [-0.05, 0) is 37.8 Å². The molecule has 28 heavy (non-hydrogen) atoms. The summed E-state index contributed by atoms with van der Waals surface area (Å²) in [5.74, 6) is 0.453. The number of hydrogen-bond donors (Lipinski definition) is 0. The monoisotopic (exact) mass is 401 g/mol. The number of thioether (sulfide) groups is 1. The van der Waals surface area contributed by atoms with Crippen molar-refractivity contribution >= 4 is 28.6 Å². The van der Waals surface area contributed by atoms with E-state index in [-0.39, 0.29) is 17.6 Å². The van der Waals surface area contributed by atoms with Crippen molar-refractivity contribution in [1.82, 2.24) is 14.5 Å². The van der Waals surface area contributed by atoms with Gasteiger partial charge in [-0.15, -0.1) is 0 Å². The van der Waals surface area contributed by atoms with Crippen molar-refractivity contribution in [2.45, 2.75) is 56.3 Å². The zero-order valence-electron chi connectivity index (χ0n) is 16.1. The molecular weight excluding hydrogens is 374 g/mol. The minimum absolute atomic E-state index is 0.0429. The molecule has 150 valence electrons. The molecule has 0 N–H and O–H groups in total. The Bertz CT molecular complexity index is 884. The first kappa shape index (κ1) is 19.5. The predicted octanol–water partition coefficient (Wildman–Crippen LogP) is 3.07. The average Bonchev–Trinajstić information content (AvgIpc) is 3.08. The first-order valence-electron chi connectivity index (χ1n) is 10.2. The summed E-state index contributed by atoms with van der Waals surface area (Å²) in [7, 11) is 0. The second-order valence-electron chi connectivity index (χ2n) is 7.55. The summed E-state index contributed by atoms with van der Waals surface area (Å²) >= 11 is 1.37. The Hall–Kier alpha value is -1.86. The molecule has 7 heteroatoms. The molecule has 2 aliphatic heterocycles. The number of carbonyl (C=O) groups excluding carboxylic acids is 1.